The van der Waals surface area contributed by atoms with Gasteiger partial charge in [0.2, 0.25) is 5.91 Å². The fraction of sp³-hybridized carbons (Fsp3) is 0.615. The third-order valence-electron chi connectivity index (χ3n) is 2.34. The van der Waals surface area contributed by atoms with Crippen LogP contribution in [0.1, 0.15) is 39.9 Å². The number of hydrogen-bond donors (Lipinski definition) is 4. The first-order chi connectivity index (χ1) is 9.34. The largest absolute Gasteiger partial charge is 0.361 e. The molecule has 5 N–H and O–H groups in total. The minimum Gasteiger partial charge on any atom is -0.361 e. The lowest BCUT2D eigenvalue weighted by molar-refractivity contribution is -0.120. The number of nitrogens with two attached hydrogens (primary N) is 1. The maximum Gasteiger partial charge on any atom is 0.239 e. The van der Waals surface area contributed by atoms with Crippen LogP contribution in [-0.4, -0.2) is 28.0 Å². The lowest BCUT2D eigenvalue weighted by Crippen LogP contribution is -2.43. The van der Waals surface area contributed by atoms with Gasteiger partial charge in [0.05, 0.1) is 6.54 Å². The van der Waals surface area contributed by atoms with Crippen molar-refractivity contribution in [1.29, 1.82) is 0 Å². The number of carbonyl (C=O) groups excluding carboxylic acids is 1. The molecule has 0 aliphatic carbocycles. The number of carbonyl (C=O) groups is 1. The van der Waals surface area contributed by atoms with Crippen LogP contribution in [0, 0.1) is 0 Å². The molecule has 0 aromatic carbocycles. The highest BCUT2D eigenvalue weighted by Crippen LogP contribution is 2.11. The van der Waals surface area contributed by atoms with E-state index >= 15 is 0 Å². The average molecular weight is 280 g/mol. The Morgan fingerprint density at radius 1 is 1.30 bits per heavy atom. The van der Waals surface area contributed by atoms with Crippen LogP contribution in [0.2, 0.25) is 0 Å². The van der Waals surface area contributed by atoms with Crippen LogP contribution in [0.25, 0.3) is 0 Å². The van der Waals surface area contributed by atoms with E-state index in [2.05, 4.69) is 33.0 Å². The monoisotopic (exact) mass is 280 g/mol. The average Bonchev–Trinajstić information content (AvgIpc) is 2.34. The van der Waals surface area contributed by atoms with E-state index in [0.29, 0.717) is 17.5 Å². The van der Waals surface area contributed by atoms with Crippen molar-refractivity contribution in [2.24, 2.45) is 5.84 Å². The van der Waals surface area contributed by atoms with Crippen LogP contribution in [-0.2, 0) is 11.2 Å². The van der Waals surface area contributed by atoms with Crippen molar-refractivity contribution in [2.45, 2.75) is 46.1 Å². The summed E-state index contributed by atoms with van der Waals surface area (Å²) in [5.41, 5.74) is 2.25. The summed E-state index contributed by atoms with van der Waals surface area (Å²) < 4.78 is 0. The molecule has 0 radical (unpaired) electrons. The number of nitrogen functional groups attached to an aromatic ring is 1. The van der Waals surface area contributed by atoms with Crippen LogP contribution in [0.4, 0.5) is 11.6 Å². The molecular weight excluding hydrogens is 256 g/mol. The third-order valence-corrected chi connectivity index (χ3v) is 2.34. The van der Waals surface area contributed by atoms with Gasteiger partial charge in [0.1, 0.15) is 17.5 Å². The Hall–Kier alpha value is -1.89. The van der Waals surface area contributed by atoms with Crippen LogP contribution < -0.4 is 21.9 Å². The summed E-state index contributed by atoms with van der Waals surface area (Å²) in [5.74, 6) is 7.10. The Labute approximate surface area is 119 Å². The molecule has 112 valence electrons. The molecule has 20 heavy (non-hydrogen) atoms. The molecule has 0 aliphatic heterocycles. The van der Waals surface area contributed by atoms with Crippen molar-refractivity contribution in [1.82, 2.24) is 15.3 Å². The van der Waals surface area contributed by atoms with Crippen LogP contribution >= 0.6 is 0 Å². The van der Waals surface area contributed by atoms with Crippen molar-refractivity contribution >= 4 is 17.5 Å². The molecule has 0 aliphatic rings. The molecule has 0 atom stereocenters. The number of hydrogen-bond acceptors (Lipinski definition) is 6. The molecule has 0 saturated carbocycles. The van der Waals surface area contributed by atoms with E-state index in [1.807, 2.05) is 20.8 Å². The highest BCUT2D eigenvalue weighted by Gasteiger charge is 2.13. The van der Waals surface area contributed by atoms with E-state index in [9.17, 15) is 4.79 Å². The van der Waals surface area contributed by atoms with Gasteiger partial charge in [-0.3, -0.25) is 4.79 Å². The molecule has 0 spiro atoms. The molecule has 0 unspecified atom stereocenters. The standard InChI is InChI=1S/C13H24N6O/c1-5-6-9-16-10(7-11(17-9)19-14)15-8-12(20)18-13(2,3)4/h7H,5-6,8,14H2,1-4H3,(H,18,20)(H2,15,16,17,19). The number of nitrogens with one attached hydrogen (secondary N) is 3. The molecule has 1 heterocycles. The van der Waals surface area contributed by atoms with E-state index in [-0.39, 0.29) is 18.0 Å². The number of aryl methyl sites for hydroxylation is 1. The number of amides is 1. The van der Waals surface area contributed by atoms with E-state index in [1.54, 1.807) is 6.07 Å². The zero-order valence-electron chi connectivity index (χ0n) is 12.6. The number of rotatable bonds is 6. The lowest BCUT2D eigenvalue weighted by Gasteiger charge is -2.20. The smallest absolute Gasteiger partial charge is 0.239 e. The summed E-state index contributed by atoms with van der Waals surface area (Å²) in [7, 11) is 0. The van der Waals surface area contributed by atoms with Crippen LogP contribution in [0.15, 0.2) is 6.07 Å². The second-order valence-electron chi connectivity index (χ2n) is 5.60. The minimum absolute atomic E-state index is 0.0876. The molecule has 0 bridgehead atoms. The van der Waals surface area contributed by atoms with E-state index < -0.39 is 0 Å². The fourth-order valence-electron chi connectivity index (χ4n) is 1.63. The molecule has 1 amide bonds. The Morgan fingerprint density at radius 2 is 1.95 bits per heavy atom. The van der Waals surface area contributed by atoms with E-state index in [4.69, 9.17) is 5.84 Å². The summed E-state index contributed by atoms with van der Waals surface area (Å²) in [4.78, 5) is 20.3. The first kappa shape index (κ1) is 16.2. The Bertz CT molecular complexity index is 455. The van der Waals surface area contributed by atoms with E-state index in [0.717, 1.165) is 12.8 Å². The van der Waals surface area contributed by atoms with Gasteiger partial charge < -0.3 is 16.1 Å². The summed E-state index contributed by atoms with van der Waals surface area (Å²) in [6, 6.07) is 1.67. The second-order valence-corrected chi connectivity index (χ2v) is 5.60. The molecule has 1 rings (SSSR count). The maximum absolute atomic E-state index is 11.7. The molecule has 0 saturated heterocycles. The van der Waals surface area contributed by atoms with Crippen molar-refractivity contribution < 1.29 is 4.79 Å². The number of nitrogens with zero attached hydrogens (tertiary/aromatic N) is 2. The van der Waals surface area contributed by atoms with Crippen LogP contribution in [0.5, 0.6) is 0 Å². The summed E-state index contributed by atoms with van der Waals surface area (Å²) in [5, 5.41) is 5.85. The first-order valence-electron chi connectivity index (χ1n) is 6.73. The Balaban J connectivity index is 2.67. The second kappa shape index (κ2) is 7.04. The normalized spacial score (nSPS) is 11.1. The zero-order valence-corrected chi connectivity index (χ0v) is 12.6. The molecule has 7 heteroatoms. The van der Waals surface area contributed by atoms with Gasteiger partial charge in [0.15, 0.2) is 0 Å². The number of hydrazine groups is 1. The SMILES string of the molecule is CCCc1nc(NN)cc(NCC(=O)NC(C)(C)C)n1. The molecule has 1 aromatic rings. The van der Waals surface area contributed by atoms with Gasteiger partial charge in [-0.1, -0.05) is 6.92 Å². The Kier molecular flexibility index (Phi) is 5.69. The van der Waals surface area contributed by atoms with Crippen molar-refractivity contribution in [2.75, 3.05) is 17.3 Å². The maximum atomic E-state index is 11.7. The molecule has 7 nitrogen and oxygen atoms in total. The van der Waals surface area contributed by atoms with Gasteiger partial charge in [0, 0.05) is 18.0 Å². The van der Waals surface area contributed by atoms with Gasteiger partial charge in [-0.25, -0.2) is 15.8 Å². The highest BCUT2D eigenvalue weighted by molar-refractivity contribution is 5.81. The quantitative estimate of drug-likeness (QED) is 0.458. The lowest BCUT2D eigenvalue weighted by atomic mass is 10.1. The van der Waals surface area contributed by atoms with Gasteiger partial charge in [-0.15, -0.1) is 0 Å². The zero-order chi connectivity index (χ0) is 15.2. The van der Waals surface area contributed by atoms with Crippen LogP contribution in [0.3, 0.4) is 0 Å². The number of anilines is 2. The molecular formula is C13H24N6O. The summed E-state index contributed by atoms with van der Waals surface area (Å²) >= 11 is 0. The van der Waals surface area contributed by atoms with Gasteiger partial charge in [0.25, 0.3) is 0 Å². The fourth-order valence-corrected chi connectivity index (χ4v) is 1.63. The van der Waals surface area contributed by atoms with Crippen molar-refractivity contribution in [3.63, 3.8) is 0 Å². The van der Waals surface area contributed by atoms with Gasteiger partial charge >= 0.3 is 0 Å². The first-order valence-corrected chi connectivity index (χ1v) is 6.73. The van der Waals surface area contributed by atoms with Crippen molar-refractivity contribution in [3.8, 4) is 0 Å². The van der Waals surface area contributed by atoms with Crippen molar-refractivity contribution in [3.05, 3.63) is 11.9 Å². The minimum atomic E-state index is -0.248. The summed E-state index contributed by atoms with van der Waals surface area (Å²) in [6.45, 7) is 8.02. The topological polar surface area (TPSA) is 105 Å². The van der Waals surface area contributed by atoms with Gasteiger partial charge in [-0.05, 0) is 27.2 Å². The predicted octanol–water partition coefficient (Wildman–Crippen LogP) is 1.04. The third kappa shape index (κ3) is 5.83. The predicted molar refractivity (Wildman–Crippen MR) is 80.2 cm³/mol. The Morgan fingerprint density at radius 3 is 2.50 bits per heavy atom. The highest BCUT2D eigenvalue weighted by atomic mass is 16.2. The van der Waals surface area contributed by atoms with E-state index in [1.165, 1.54) is 0 Å². The molecule has 0 fully saturated rings. The number of aromatic nitrogens is 2. The summed E-state index contributed by atoms with van der Waals surface area (Å²) in [6.07, 6.45) is 1.70. The van der Waals surface area contributed by atoms with Gasteiger partial charge in [-0.2, -0.15) is 0 Å². The molecule has 1 aromatic heterocycles.